The summed E-state index contributed by atoms with van der Waals surface area (Å²) in [6, 6.07) is 18.8. The number of thiophene rings is 1. The maximum atomic E-state index is 11.8. The summed E-state index contributed by atoms with van der Waals surface area (Å²) in [6.07, 6.45) is 4.62. The predicted molar refractivity (Wildman–Crippen MR) is 218 cm³/mol. The number of nitrogens with one attached hydrogen (secondary N) is 1. The van der Waals surface area contributed by atoms with Gasteiger partial charge < -0.3 is 10.2 Å². The van der Waals surface area contributed by atoms with Crippen LogP contribution in [0.15, 0.2) is 102 Å². The highest BCUT2D eigenvalue weighted by Gasteiger charge is 2.34. The molecule has 1 unspecified atom stereocenters. The minimum Gasteiger partial charge on any atom is -0.359 e. The van der Waals surface area contributed by atoms with Crippen molar-refractivity contribution in [3.05, 3.63) is 147 Å². The van der Waals surface area contributed by atoms with Gasteiger partial charge in [0.15, 0.2) is 0 Å². The molecule has 8 heteroatoms. The van der Waals surface area contributed by atoms with Gasteiger partial charge in [-0.1, -0.05) is 79.6 Å². The van der Waals surface area contributed by atoms with Gasteiger partial charge in [0.2, 0.25) is 5.91 Å². The van der Waals surface area contributed by atoms with E-state index in [1.165, 1.54) is 11.1 Å². The van der Waals surface area contributed by atoms with Gasteiger partial charge in [-0.05, 0) is 74.3 Å². The number of amidine groups is 1. The number of aliphatic imine (C=N–C) groups is 2. The molecule has 3 aliphatic heterocycles. The second-order valence-corrected chi connectivity index (χ2v) is 14.6. The number of anilines is 1. The summed E-state index contributed by atoms with van der Waals surface area (Å²) in [6.45, 7) is 20.2. The van der Waals surface area contributed by atoms with Crippen LogP contribution in [0.5, 0.6) is 0 Å². The molecule has 264 valence electrons. The van der Waals surface area contributed by atoms with Crippen molar-refractivity contribution in [1.29, 1.82) is 0 Å². The van der Waals surface area contributed by atoms with E-state index in [1.807, 2.05) is 25.3 Å². The average molecular weight is 715 g/mol. The highest BCUT2D eigenvalue weighted by Crippen LogP contribution is 2.41. The first kappa shape index (κ1) is 35.4. The Bertz CT molecular complexity index is 2360. The van der Waals surface area contributed by atoms with E-state index in [1.54, 1.807) is 18.4 Å². The quantitative estimate of drug-likeness (QED) is 0.132. The lowest BCUT2D eigenvalue weighted by Gasteiger charge is -2.34. The van der Waals surface area contributed by atoms with E-state index in [2.05, 4.69) is 125 Å². The standard InChI is InChI=1S/C45H42N6OS/c1-28-15-18-36(19-16-28)44-43-30(3)41(53-45(43)51(33(6)46-7)29(2)25-48-44)23-21-37-20-17-34(26-47-37)11-8-9-12-35-13-10-14-38-32(5)50(27-39(35)38)40-22-24-42(52)49-31(40)4/h10,13-20,26,40H,2,4-5,8,11,22,24-25,27H2,1,3,6-7H3,(H,49,52)/b46-33-. The maximum absolute atomic E-state index is 11.8. The van der Waals surface area contributed by atoms with Crippen molar-refractivity contribution >= 4 is 39.5 Å². The van der Waals surface area contributed by atoms with E-state index in [9.17, 15) is 4.79 Å². The number of carbonyl (C=O) groups excluding carboxylic acids is 1. The van der Waals surface area contributed by atoms with Crippen molar-refractivity contribution in [3.8, 4) is 23.7 Å². The fraction of sp³-hybridized carbons (Fsp3) is 0.244. The smallest absolute Gasteiger partial charge is 0.224 e. The SMILES string of the molecule is C=C1NC(=O)CCC1N1Cc2c(C#CCCc3ccc(C#Cc4sc5c(c4C)C(c4ccc(C)cc4)=NCC(=C)N5/C(C)=N\C)nc3)cccc2C1=C. The third kappa shape index (κ3) is 7.11. The first-order valence-electron chi connectivity index (χ1n) is 17.8. The normalized spacial score (nSPS) is 16.9. The Labute approximate surface area is 316 Å². The lowest BCUT2D eigenvalue weighted by atomic mass is 9.99. The Morgan fingerprint density at radius 2 is 1.87 bits per heavy atom. The molecule has 0 aliphatic carbocycles. The molecule has 0 saturated carbocycles. The van der Waals surface area contributed by atoms with Gasteiger partial charge in [0.05, 0.1) is 23.2 Å². The number of aryl methyl sites for hydroxylation is 2. The molecule has 0 spiro atoms. The van der Waals surface area contributed by atoms with Crippen molar-refractivity contribution in [3.63, 3.8) is 0 Å². The molecule has 1 saturated heterocycles. The van der Waals surface area contributed by atoms with Crippen LogP contribution < -0.4 is 10.2 Å². The van der Waals surface area contributed by atoms with Gasteiger partial charge in [-0.25, -0.2) is 4.98 Å². The van der Waals surface area contributed by atoms with E-state index in [0.717, 1.165) is 84.7 Å². The molecular formula is C45H42N6OS. The van der Waals surface area contributed by atoms with Crippen LogP contribution in [-0.2, 0) is 17.8 Å². The molecule has 0 bridgehead atoms. The van der Waals surface area contributed by atoms with Crippen LogP contribution in [-0.4, -0.2) is 47.0 Å². The number of rotatable bonds is 4. The van der Waals surface area contributed by atoms with Crippen molar-refractivity contribution in [2.24, 2.45) is 9.98 Å². The molecule has 7 nitrogen and oxygen atoms in total. The molecule has 1 atom stereocenters. The summed E-state index contributed by atoms with van der Waals surface area (Å²) < 4.78 is 0. The van der Waals surface area contributed by atoms with Crippen molar-refractivity contribution in [1.82, 2.24) is 15.2 Å². The number of benzene rings is 2. The molecular weight excluding hydrogens is 673 g/mol. The number of piperidine rings is 1. The minimum atomic E-state index is 0.0285. The zero-order valence-corrected chi connectivity index (χ0v) is 31.6. The molecule has 0 radical (unpaired) electrons. The van der Waals surface area contributed by atoms with Gasteiger partial charge in [-0.15, -0.1) is 11.3 Å². The summed E-state index contributed by atoms with van der Waals surface area (Å²) in [4.78, 5) is 31.4. The van der Waals surface area contributed by atoms with Crippen molar-refractivity contribution in [2.45, 2.75) is 59.0 Å². The lowest BCUT2D eigenvalue weighted by Crippen LogP contribution is -2.43. The number of pyridine rings is 1. The van der Waals surface area contributed by atoms with Crippen LogP contribution in [0.4, 0.5) is 5.00 Å². The fourth-order valence-electron chi connectivity index (χ4n) is 7.05. The fourth-order valence-corrected chi connectivity index (χ4v) is 8.30. The third-order valence-corrected chi connectivity index (χ3v) is 11.2. The highest BCUT2D eigenvalue weighted by molar-refractivity contribution is 7.17. The zero-order valence-electron chi connectivity index (χ0n) is 30.8. The maximum Gasteiger partial charge on any atom is 0.224 e. The van der Waals surface area contributed by atoms with Gasteiger partial charge in [0.1, 0.15) is 16.5 Å². The summed E-state index contributed by atoms with van der Waals surface area (Å²) in [5.41, 5.74) is 13.1. The third-order valence-electron chi connectivity index (χ3n) is 10.1. The van der Waals surface area contributed by atoms with Crippen LogP contribution in [0, 0.1) is 37.5 Å². The number of hydrogen-bond donors (Lipinski definition) is 1. The van der Waals surface area contributed by atoms with E-state index < -0.39 is 0 Å². The highest BCUT2D eigenvalue weighted by atomic mass is 32.1. The zero-order chi connectivity index (χ0) is 37.2. The molecule has 1 N–H and O–H groups in total. The van der Waals surface area contributed by atoms with Gasteiger partial charge in [0, 0.05) is 72.0 Å². The minimum absolute atomic E-state index is 0.0285. The second kappa shape index (κ2) is 14.9. The summed E-state index contributed by atoms with van der Waals surface area (Å²) in [5, 5.41) is 3.94. The number of amides is 1. The van der Waals surface area contributed by atoms with Crippen LogP contribution in [0.1, 0.15) is 81.3 Å². The molecule has 1 fully saturated rings. The number of aromatic nitrogens is 1. The van der Waals surface area contributed by atoms with E-state index in [-0.39, 0.29) is 11.9 Å². The topological polar surface area (TPSA) is 73.2 Å². The summed E-state index contributed by atoms with van der Waals surface area (Å²) in [5.74, 6) is 14.4. The molecule has 2 aromatic heterocycles. The molecule has 7 rings (SSSR count). The molecule has 4 aromatic rings. The van der Waals surface area contributed by atoms with Gasteiger partial charge in [-0.3, -0.25) is 19.7 Å². The molecule has 2 aromatic carbocycles. The number of carbonyl (C=O) groups is 1. The second-order valence-electron chi connectivity index (χ2n) is 13.6. The Morgan fingerprint density at radius 1 is 1.06 bits per heavy atom. The van der Waals surface area contributed by atoms with E-state index in [0.29, 0.717) is 31.6 Å². The Hall–Kier alpha value is -5.96. The van der Waals surface area contributed by atoms with Crippen LogP contribution in [0.25, 0.3) is 5.70 Å². The Kier molecular flexibility index (Phi) is 10.00. The lowest BCUT2D eigenvalue weighted by molar-refractivity contribution is -0.121. The van der Waals surface area contributed by atoms with Crippen molar-refractivity contribution in [2.75, 3.05) is 18.5 Å². The van der Waals surface area contributed by atoms with E-state index >= 15 is 0 Å². The summed E-state index contributed by atoms with van der Waals surface area (Å²) in [7, 11) is 1.80. The van der Waals surface area contributed by atoms with Gasteiger partial charge in [0.25, 0.3) is 0 Å². The number of nitrogens with zero attached hydrogens (tertiary/aromatic N) is 5. The number of fused-ring (bicyclic) bond motifs is 2. The van der Waals surface area contributed by atoms with Gasteiger partial charge in [-0.2, -0.15) is 0 Å². The van der Waals surface area contributed by atoms with Gasteiger partial charge >= 0.3 is 0 Å². The molecule has 3 aliphatic rings. The molecule has 1 amide bonds. The van der Waals surface area contributed by atoms with Crippen LogP contribution >= 0.6 is 11.3 Å². The van der Waals surface area contributed by atoms with Crippen LogP contribution in [0.3, 0.4) is 0 Å². The van der Waals surface area contributed by atoms with Crippen molar-refractivity contribution < 1.29 is 4.79 Å². The average Bonchev–Trinajstić information content (AvgIpc) is 3.61. The number of hydrogen-bond acceptors (Lipinski definition) is 6. The van der Waals surface area contributed by atoms with E-state index in [4.69, 9.17) is 4.99 Å². The summed E-state index contributed by atoms with van der Waals surface area (Å²) >= 11 is 1.64. The monoisotopic (exact) mass is 714 g/mol. The first-order valence-corrected chi connectivity index (χ1v) is 18.6. The Morgan fingerprint density at radius 3 is 2.60 bits per heavy atom. The Balaban J connectivity index is 1.05. The van der Waals surface area contributed by atoms with Crippen LogP contribution in [0.2, 0.25) is 0 Å². The molecule has 5 heterocycles. The molecule has 53 heavy (non-hydrogen) atoms. The first-order chi connectivity index (χ1) is 25.6. The predicted octanol–water partition coefficient (Wildman–Crippen LogP) is 7.94. The largest absolute Gasteiger partial charge is 0.359 e.